The highest BCUT2D eigenvalue weighted by atomic mass is 35.5. The molecule has 2 fully saturated rings. The van der Waals surface area contributed by atoms with Crippen molar-refractivity contribution in [3.8, 4) is 0 Å². The lowest BCUT2D eigenvalue weighted by Crippen LogP contribution is -2.36. The summed E-state index contributed by atoms with van der Waals surface area (Å²) in [5.74, 6) is -0.114. The molecule has 1 saturated heterocycles. The normalized spacial score (nSPS) is 19.3. The van der Waals surface area contributed by atoms with Crippen LogP contribution in [0.15, 0.2) is 24.7 Å². The molecule has 4 rings (SSSR count). The molecule has 2 aromatic rings. The molecule has 2 aromatic heterocycles. The molecule has 0 unspecified atom stereocenters. The zero-order valence-corrected chi connectivity index (χ0v) is 14.9. The van der Waals surface area contributed by atoms with Crippen molar-refractivity contribution in [3.63, 3.8) is 0 Å². The molecule has 0 spiro atoms. The molecule has 8 heteroatoms. The largest absolute Gasteiger partial charge is 0.478 e. The molecule has 3 heterocycles. The van der Waals surface area contributed by atoms with E-state index in [1.165, 1.54) is 6.20 Å². The number of aromatic nitrogens is 4. The monoisotopic (exact) mass is 363 g/mol. The Hall–Kier alpha value is -2.15. The van der Waals surface area contributed by atoms with Gasteiger partial charge in [-0.15, -0.1) is 12.4 Å². The van der Waals surface area contributed by atoms with E-state index in [4.69, 9.17) is 0 Å². The third-order valence-corrected chi connectivity index (χ3v) is 5.24. The van der Waals surface area contributed by atoms with E-state index in [0.717, 1.165) is 50.4 Å². The first-order valence-electron chi connectivity index (χ1n) is 8.42. The first-order chi connectivity index (χ1) is 11.6. The minimum atomic E-state index is -0.875. The van der Waals surface area contributed by atoms with E-state index in [-0.39, 0.29) is 23.9 Å². The maximum absolute atomic E-state index is 11.6. The first kappa shape index (κ1) is 17.7. The molecule has 1 aliphatic heterocycles. The van der Waals surface area contributed by atoms with Crippen LogP contribution < -0.4 is 4.90 Å². The van der Waals surface area contributed by atoms with Crippen LogP contribution in [-0.2, 0) is 5.41 Å². The topological polar surface area (TPSA) is 84.1 Å². The van der Waals surface area contributed by atoms with Gasteiger partial charge in [0.25, 0.3) is 0 Å². The van der Waals surface area contributed by atoms with Crippen molar-refractivity contribution in [1.29, 1.82) is 0 Å². The van der Waals surface area contributed by atoms with E-state index in [9.17, 15) is 9.90 Å². The average Bonchev–Trinajstić information content (AvgIpc) is 3.19. The summed E-state index contributed by atoms with van der Waals surface area (Å²) in [6.45, 7) is 3.85. The average molecular weight is 364 g/mol. The van der Waals surface area contributed by atoms with Gasteiger partial charge in [0.15, 0.2) is 0 Å². The van der Waals surface area contributed by atoms with Crippen molar-refractivity contribution in [1.82, 2.24) is 19.7 Å². The predicted molar refractivity (Wildman–Crippen MR) is 95.5 cm³/mol. The number of carbonyl (C=O) groups is 1. The zero-order valence-electron chi connectivity index (χ0n) is 14.1. The van der Waals surface area contributed by atoms with Crippen molar-refractivity contribution in [2.45, 2.75) is 44.1 Å². The third-order valence-electron chi connectivity index (χ3n) is 5.24. The summed E-state index contributed by atoms with van der Waals surface area (Å²) in [7, 11) is 0. The van der Waals surface area contributed by atoms with Crippen molar-refractivity contribution >= 4 is 24.3 Å². The van der Waals surface area contributed by atoms with E-state index in [1.54, 1.807) is 12.4 Å². The van der Waals surface area contributed by atoms with Gasteiger partial charge in [-0.05, 0) is 31.7 Å². The standard InChI is InChI=1S/C17H21N5O2.ClH/c1-17(5-6-17)14-13(15(23)24)11-20-22(14)12-3-9-21(10-4-12)16-18-7-2-8-19-16;/h2,7-8,11-12H,3-6,9-10H2,1H3,(H,23,24);1H. The second-order valence-corrected chi connectivity index (χ2v) is 6.98. The van der Waals surface area contributed by atoms with Crippen LogP contribution in [0.5, 0.6) is 0 Å². The number of rotatable bonds is 4. The molecule has 0 amide bonds. The summed E-state index contributed by atoms with van der Waals surface area (Å²) in [5.41, 5.74) is 1.25. The summed E-state index contributed by atoms with van der Waals surface area (Å²) in [4.78, 5) is 22.3. The molecule has 7 nitrogen and oxygen atoms in total. The molecular formula is C17H22ClN5O2. The van der Waals surface area contributed by atoms with Crippen molar-refractivity contribution in [2.24, 2.45) is 0 Å². The van der Waals surface area contributed by atoms with Crippen molar-refractivity contribution < 1.29 is 9.90 Å². The second-order valence-electron chi connectivity index (χ2n) is 6.98. The van der Waals surface area contributed by atoms with E-state index >= 15 is 0 Å². The number of anilines is 1. The molecular weight excluding hydrogens is 342 g/mol. The van der Waals surface area contributed by atoms with Gasteiger partial charge in [0.2, 0.25) is 5.95 Å². The second kappa shape index (κ2) is 6.63. The summed E-state index contributed by atoms with van der Waals surface area (Å²) >= 11 is 0. The Morgan fingerprint density at radius 1 is 1.24 bits per heavy atom. The fourth-order valence-corrected chi connectivity index (χ4v) is 3.59. The fourth-order valence-electron chi connectivity index (χ4n) is 3.59. The van der Waals surface area contributed by atoms with Crippen LogP contribution in [0.3, 0.4) is 0 Å². The third kappa shape index (κ3) is 3.20. The Kier molecular flexibility index (Phi) is 4.69. The SMILES string of the molecule is CC1(c2c(C(=O)O)cnn2C2CCN(c3ncccn3)CC2)CC1.Cl. The summed E-state index contributed by atoms with van der Waals surface area (Å²) in [5, 5.41) is 13.9. The van der Waals surface area contributed by atoms with Gasteiger partial charge in [0.1, 0.15) is 5.56 Å². The summed E-state index contributed by atoms with van der Waals surface area (Å²) in [6.07, 6.45) is 8.95. The highest BCUT2D eigenvalue weighted by Gasteiger charge is 2.45. The van der Waals surface area contributed by atoms with Gasteiger partial charge in [0, 0.05) is 30.9 Å². The number of hydrogen-bond donors (Lipinski definition) is 1. The highest BCUT2D eigenvalue weighted by Crippen LogP contribution is 2.49. The van der Waals surface area contributed by atoms with Gasteiger partial charge in [-0.3, -0.25) is 4.68 Å². The molecule has 25 heavy (non-hydrogen) atoms. The van der Waals surface area contributed by atoms with Gasteiger partial charge >= 0.3 is 5.97 Å². The minimum absolute atomic E-state index is 0. The molecule has 134 valence electrons. The molecule has 0 aromatic carbocycles. The van der Waals surface area contributed by atoms with Crippen LogP contribution in [0.2, 0.25) is 0 Å². The van der Waals surface area contributed by atoms with Crippen LogP contribution in [0, 0.1) is 0 Å². The Bertz CT molecular complexity index is 752. The fraction of sp³-hybridized carbons (Fsp3) is 0.529. The number of hydrogen-bond acceptors (Lipinski definition) is 5. The van der Waals surface area contributed by atoms with Crippen LogP contribution in [0.25, 0.3) is 0 Å². The maximum atomic E-state index is 11.6. The van der Waals surface area contributed by atoms with Gasteiger partial charge in [-0.1, -0.05) is 6.92 Å². The van der Waals surface area contributed by atoms with Gasteiger partial charge < -0.3 is 10.0 Å². The lowest BCUT2D eigenvalue weighted by atomic mass is 9.98. The Morgan fingerprint density at radius 2 is 1.88 bits per heavy atom. The number of carboxylic acids is 1. The molecule has 1 saturated carbocycles. The quantitative estimate of drug-likeness (QED) is 0.899. The minimum Gasteiger partial charge on any atom is -0.478 e. The Balaban J connectivity index is 0.00000182. The maximum Gasteiger partial charge on any atom is 0.339 e. The van der Waals surface area contributed by atoms with Crippen LogP contribution in [-0.4, -0.2) is 43.9 Å². The first-order valence-corrected chi connectivity index (χ1v) is 8.42. The van der Waals surface area contributed by atoms with E-state index in [2.05, 4.69) is 26.9 Å². The predicted octanol–water partition coefficient (Wildman–Crippen LogP) is 2.69. The highest BCUT2D eigenvalue weighted by molar-refractivity contribution is 5.89. The number of piperidine rings is 1. The van der Waals surface area contributed by atoms with Crippen LogP contribution in [0.1, 0.15) is 54.7 Å². The molecule has 1 N–H and O–H groups in total. The molecule has 0 radical (unpaired) electrons. The number of nitrogens with zero attached hydrogens (tertiary/aromatic N) is 5. The molecule has 1 aliphatic carbocycles. The number of aromatic carboxylic acids is 1. The van der Waals surface area contributed by atoms with Gasteiger partial charge in [-0.2, -0.15) is 5.10 Å². The van der Waals surface area contributed by atoms with Crippen LogP contribution >= 0.6 is 12.4 Å². The zero-order chi connectivity index (χ0) is 16.7. The summed E-state index contributed by atoms with van der Waals surface area (Å²) in [6, 6.07) is 2.06. The van der Waals surface area contributed by atoms with Crippen molar-refractivity contribution in [3.05, 3.63) is 35.9 Å². The van der Waals surface area contributed by atoms with Gasteiger partial charge in [-0.25, -0.2) is 14.8 Å². The van der Waals surface area contributed by atoms with Crippen LogP contribution in [0.4, 0.5) is 5.95 Å². The Morgan fingerprint density at radius 3 is 2.44 bits per heavy atom. The van der Waals surface area contributed by atoms with Crippen molar-refractivity contribution in [2.75, 3.05) is 18.0 Å². The smallest absolute Gasteiger partial charge is 0.339 e. The van der Waals surface area contributed by atoms with E-state index in [0.29, 0.717) is 5.56 Å². The molecule has 2 aliphatic rings. The Labute approximate surface area is 152 Å². The van der Waals surface area contributed by atoms with Gasteiger partial charge in [0.05, 0.1) is 17.9 Å². The lowest BCUT2D eigenvalue weighted by Gasteiger charge is -2.33. The van der Waals surface area contributed by atoms with E-state index < -0.39 is 5.97 Å². The number of carboxylic acid groups (broad SMARTS) is 1. The summed E-state index contributed by atoms with van der Waals surface area (Å²) < 4.78 is 1.99. The number of halogens is 1. The molecule has 0 atom stereocenters. The lowest BCUT2D eigenvalue weighted by molar-refractivity contribution is 0.0694. The van der Waals surface area contributed by atoms with E-state index in [1.807, 2.05) is 10.7 Å². The molecule has 0 bridgehead atoms.